The second-order valence-corrected chi connectivity index (χ2v) is 8.62. The highest BCUT2D eigenvalue weighted by Crippen LogP contribution is 2.17. The summed E-state index contributed by atoms with van der Waals surface area (Å²) < 4.78 is 28.0. The molecule has 0 saturated carbocycles. The minimum Gasteiger partial charge on any atom is -0.334 e. The number of allylic oxidation sites excluding steroid dienone is 1. The minimum absolute atomic E-state index is 0.141. The number of sulfonamides is 1. The first-order chi connectivity index (χ1) is 13.8. The van der Waals surface area contributed by atoms with E-state index in [1.54, 1.807) is 54.6 Å². The van der Waals surface area contributed by atoms with Crippen LogP contribution in [0.5, 0.6) is 0 Å². The Bertz CT molecular complexity index is 1000. The Morgan fingerprint density at radius 3 is 2.28 bits per heavy atom. The number of carbonyl (C=O) groups excluding carboxylic acids is 1. The summed E-state index contributed by atoms with van der Waals surface area (Å²) in [6.07, 6.45) is 4.20. The van der Waals surface area contributed by atoms with Crippen LogP contribution in [0.3, 0.4) is 0 Å². The van der Waals surface area contributed by atoms with Crippen molar-refractivity contribution in [1.82, 2.24) is 5.32 Å². The molecule has 7 nitrogen and oxygen atoms in total. The highest BCUT2D eigenvalue weighted by atomic mass is 79.9. The second kappa shape index (κ2) is 10.6. The van der Waals surface area contributed by atoms with Crippen molar-refractivity contribution in [3.05, 3.63) is 82.9 Å². The summed E-state index contributed by atoms with van der Waals surface area (Å²) in [6, 6.07) is 13.0. The van der Waals surface area contributed by atoms with E-state index in [1.165, 1.54) is 6.08 Å². The molecule has 0 radical (unpaired) electrons. The summed E-state index contributed by atoms with van der Waals surface area (Å²) in [5, 5.41) is 12.3. The van der Waals surface area contributed by atoms with Crippen LogP contribution in [0, 0.1) is 5.41 Å². The number of benzene rings is 2. The Hall–Kier alpha value is -2.91. The van der Waals surface area contributed by atoms with E-state index in [-0.39, 0.29) is 12.3 Å². The lowest BCUT2D eigenvalue weighted by Crippen LogP contribution is -2.30. The third kappa shape index (κ3) is 7.92. The number of nitrogens with one attached hydrogen (secondary N) is 4. The largest absolute Gasteiger partial charge is 0.334 e. The van der Waals surface area contributed by atoms with Crippen LogP contribution in [0.1, 0.15) is 5.56 Å². The van der Waals surface area contributed by atoms with Gasteiger partial charge >= 0.3 is 6.03 Å². The van der Waals surface area contributed by atoms with Crippen LogP contribution < -0.4 is 15.4 Å². The summed E-state index contributed by atoms with van der Waals surface area (Å²) in [7, 11) is -3.56. The minimum atomic E-state index is -3.56. The Kier molecular flexibility index (Phi) is 8.17. The number of halogens is 1. The topological polar surface area (TPSA) is 111 Å². The predicted octanol–water partition coefficient (Wildman–Crippen LogP) is 4.27. The summed E-state index contributed by atoms with van der Waals surface area (Å²) in [6.45, 7) is 3.84. The molecule has 152 valence electrons. The highest BCUT2D eigenvalue weighted by molar-refractivity contribution is 9.10. The first-order valence-corrected chi connectivity index (χ1v) is 11.0. The second-order valence-electron chi connectivity index (χ2n) is 5.99. The Balaban J connectivity index is 1.91. The zero-order valence-corrected chi connectivity index (χ0v) is 17.9. The Morgan fingerprint density at radius 2 is 1.69 bits per heavy atom. The molecule has 0 atom stereocenters. The lowest BCUT2D eigenvalue weighted by Gasteiger charge is -2.10. The van der Waals surface area contributed by atoms with Crippen molar-refractivity contribution in [1.29, 1.82) is 5.41 Å². The monoisotopic (exact) mass is 476 g/mol. The molecule has 0 aromatic heterocycles. The number of hydrogen-bond donors (Lipinski definition) is 4. The van der Waals surface area contributed by atoms with Crippen molar-refractivity contribution in [3.8, 4) is 0 Å². The standard InChI is InChI=1S/C20H21BrN4O3S/c1-2-15(11-12-22)13-23-20(26)24-18-7-9-19(10-8-18)25-29(27,28)14-16-3-5-17(21)6-4-16/h2-12,22,25H,1,13-14H2,(H2,23,24,26)/b15-11+,22-12?. The van der Waals surface area contributed by atoms with Crippen LogP contribution in [0.4, 0.5) is 16.2 Å². The van der Waals surface area contributed by atoms with E-state index in [9.17, 15) is 13.2 Å². The van der Waals surface area contributed by atoms with Crippen LogP contribution in [0.2, 0.25) is 0 Å². The van der Waals surface area contributed by atoms with E-state index in [4.69, 9.17) is 5.41 Å². The summed E-state index contributed by atoms with van der Waals surface area (Å²) in [5.74, 6) is -0.141. The molecule has 0 unspecified atom stereocenters. The van der Waals surface area contributed by atoms with Crippen molar-refractivity contribution in [2.75, 3.05) is 16.6 Å². The molecule has 2 rings (SSSR count). The molecular formula is C20H21BrN4O3S. The van der Waals surface area contributed by atoms with Crippen LogP contribution >= 0.6 is 15.9 Å². The van der Waals surface area contributed by atoms with Gasteiger partial charge in [0.1, 0.15) is 0 Å². The van der Waals surface area contributed by atoms with E-state index >= 15 is 0 Å². The zero-order valence-electron chi connectivity index (χ0n) is 15.5. The van der Waals surface area contributed by atoms with Crippen LogP contribution in [0.25, 0.3) is 0 Å². The molecular weight excluding hydrogens is 456 g/mol. The van der Waals surface area contributed by atoms with Gasteiger partial charge in [-0.15, -0.1) is 0 Å². The molecule has 2 aromatic rings. The van der Waals surface area contributed by atoms with Gasteiger partial charge in [-0.25, -0.2) is 13.2 Å². The maximum absolute atomic E-state index is 12.3. The average molecular weight is 477 g/mol. The molecule has 0 bridgehead atoms. The van der Waals surface area contributed by atoms with Gasteiger partial charge in [0.15, 0.2) is 0 Å². The maximum Gasteiger partial charge on any atom is 0.319 e. The van der Waals surface area contributed by atoms with Crippen molar-refractivity contribution < 1.29 is 13.2 Å². The zero-order chi connectivity index (χ0) is 21.3. The highest BCUT2D eigenvalue weighted by Gasteiger charge is 2.12. The summed E-state index contributed by atoms with van der Waals surface area (Å²) >= 11 is 3.31. The number of hydrogen-bond acceptors (Lipinski definition) is 4. The Labute approximate surface area is 178 Å². The number of urea groups is 1. The van der Waals surface area contributed by atoms with Gasteiger partial charge in [0.2, 0.25) is 10.0 Å². The van der Waals surface area contributed by atoms with Gasteiger partial charge in [0, 0.05) is 28.6 Å². The van der Waals surface area contributed by atoms with E-state index in [1.807, 2.05) is 0 Å². The third-order valence-electron chi connectivity index (χ3n) is 3.70. The molecule has 0 fully saturated rings. The molecule has 0 spiro atoms. The van der Waals surface area contributed by atoms with Gasteiger partial charge in [0.05, 0.1) is 5.75 Å². The van der Waals surface area contributed by atoms with Gasteiger partial charge in [-0.1, -0.05) is 40.7 Å². The molecule has 9 heteroatoms. The molecule has 0 aliphatic heterocycles. The molecule has 0 aliphatic carbocycles. The molecule has 2 amide bonds. The molecule has 0 heterocycles. The maximum atomic E-state index is 12.3. The molecule has 0 saturated heterocycles. The van der Waals surface area contributed by atoms with Crippen LogP contribution in [0.15, 0.2) is 77.3 Å². The predicted molar refractivity (Wildman–Crippen MR) is 121 cm³/mol. The number of anilines is 2. The first-order valence-electron chi connectivity index (χ1n) is 8.53. The number of amides is 2. The fourth-order valence-corrected chi connectivity index (χ4v) is 3.76. The smallest absolute Gasteiger partial charge is 0.319 e. The Morgan fingerprint density at radius 1 is 1.07 bits per heavy atom. The van der Waals surface area contributed by atoms with Crippen molar-refractivity contribution in [2.24, 2.45) is 0 Å². The quantitative estimate of drug-likeness (QED) is 0.320. The van der Waals surface area contributed by atoms with Crippen molar-refractivity contribution >= 4 is 49.6 Å². The SMILES string of the molecule is C=C/C(=C\C=N)CNC(=O)Nc1ccc(NS(=O)(=O)Cc2ccc(Br)cc2)cc1. The van der Waals surface area contributed by atoms with Crippen molar-refractivity contribution in [3.63, 3.8) is 0 Å². The van der Waals surface area contributed by atoms with Crippen LogP contribution in [-0.4, -0.2) is 27.2 Å². The summed E-state index contributed by atoms with van der Waals surface area (Å²) in [5.41, 5.74) is 2.28. The van der Waals surface area contributed by atoms with E-state index in [2.05, 4.69) is 37.9 Å². The molecule has 2 aromatic carbocycles. The molecule has 0 aliphatic rings. The van der Waals surface area contributed by atoms with Crippen LogP contribution in [-0.2, 0) is 15.8 Å². The van der Waals surface area contributed by atoms with E-state index < -0.39 is 16.1 Å². The van der Waals surface area contributed by atoms with Gasteiger partial charge in [0.25, 0.3) is 0 Å². The fraction of sp³-hybridized carbons (Fsp3) is 0.100. The lowest BCUT2D eigenvalue weighted by molar-refractivity contribution is 0.253. The van der Waals surface area contributed by atoms with Gasteiger partial charge < -0.3 is 16.0 Å². The third-order valence-corrected chi connectivity index (χ3v) is 5.49. The average Bonchev–Trinajstić information content (AvgIpc) is 2.68. The van der Waals surface area contributed by atoms with E-state index in [0.717, 1.165) is 10.7 Å². The molecule has 4 N–H and O–H groups in total. The number of carbonyl (C=O) groups is 1. The van der Waals surface area contributed by atoms with E-state index in [0.29, 0.717) is 22.5 Å². The molecule has 29 heavy (non-hydrogen) atoms. The first kappa shape index (κ1) is 22.4. The summed E-state index contributed by atoms with van der Waals surface area (Å²) in [4.78, 5) is 11.9. The lowest BCUT2D eigenvalue weighted by atomic mass is 10.2. The normalized spacial score (nSPS) is 11.4. The van der Waals surface area contributed by atoms with Gasteiger partial charge in [-0.05, 0) is 53.6 Å². The fourth-order valence-electron chi connectivity index (χ4n) is 2.30. The number of rotatable bonds is 9. The van der Waals surface area contributed by atoms with Gasteiger partial charge in [-0.3, -0.25) is 4.72 Å². The van der Waals surface area contributed by atoms with Crippen molar-refractivity contribution in [2.45, 2.75) is 5.75 Å². The van der Waals surface area contributed by atoms with Gasteiger partial charge in [-0.2, -0.15) is 0 Å².